The first-order chi connectivity index (χ1) is 9.24. The van der Waals surface area contributed by atoms with Crippen molar-refractivity contribution in [2.75, 3.05) is 5.32 Å². The molecule has 0 fully saturated rings. The second-order valence-corrected chi connectivity index (χ2v) is 4.58. The molecule has 0 radical (unpaired) electrons. The molecule has 0 bridgehead atoms. The number of rotatable bonds is 3. The lowest BCUT2D eigenvalue weighted by molar-refractivity contribution is 0.0691. The van der Waals surface area contributed by atoms with E-state index >= 15 is 0 Å². The van der Waals surface area contributed by atoms with Crippen molar-refractivity contribution in [2.24, 2.45) is 0 Å². The highest BCUT2D eigenvalue weighted by Crippen LogP contribution is 2.24. The van der Waals surface area contributed by atoms with Crippen LogP contribution in [-0.4, -0.2) is 27.1 Å². The number of carboxylic acid groups (broad SMARTS) is 1. The lowest BCUT2D eigenvalue weighted by Gasteiger charge is -2.13. The Morgan fingerprint density at radius 3 is 2.42 bits per heavy atom. The van der Waals surface area contributed by atoms with Crippen LogP contribution in [0.4, 0.5) is 5.82 Å². The van der Waals surface area contributed by atoms with Gasteiger partial charge in [0.15, 0.2) is 11.5 Å². The molecule has 0 saturated carbocycles. The first kappa shape index (κ1) is 11.6. The summed E-state index contributed by atoms with van der Waals surface area (Å²) in [6.45, 7) is 0. The fourth-order valence-corrected chi connectivity index (χ4v) is 2.45. The first-order valence-electron chi connectivity index (χ1n) is 6.11. The van der Waals surface area contributed by atoms with E-state index < -0.39 is 5.97 Å². The standard InChI is InChI=1S/C14H13N3O2/c18-14(19)12-13(16-6-5-15-12)17-11-7-9-3-1-2-4-10(9)8-11/h1-6,11H,7-8H2,(H,16,17)(H,18,19). The van der Waals surface area contributed by atoms with Gasteiger partial charge in [0.25, 0.3) is 0 Å². The maximum absolute atomic E-state index is 11.1. The fraction of sp³-hybridized carbons (Fsp3) is 0.214. The van der Waals surface area contributed by atoms with Crippen molar-refractivity contribution >= 4 is 11.8 Å². The number of hydrogen-bond acceptors (Lipinski definition) is 4. The van der Waals surface area contributed by atoms with E-state index in [0.29, 0.717) is 5.82 Å². The first-order valence-corrected chi connectivity index (χ1v) is 6.11. The quantitative estimate of drug-likeness (QED) is 0.874. The molecule has 1 aromatic carbocycles. The fourth-order valence-electron chi connectivity index (χ4n) is 2.45. The van der Waals surface area contributed by atoms with Gasteiger partial charge < -0.3 is 10.4 Å². The summed E-state index contributed by atoms with van der Waals surface area (Å²) >= 11 is 0. The highest BCUT2D eigenvalue weighted by molar-refractivity contribution is 5.90. The average Bonchev–Trinajstić information content (AvgIpc) is 2.81. The lowest BCUT2D eigenvalue weighted by atomic mass is 10.1. The van der Waals surface area contributed by atoms with Gasteiger partial charge in [-0.2, -0.15) is 0 Å². The van der Waals surface area contributed by atoms with Gasteiger partial charge in [-0.15, -0.1) is 0 Å². The monoisotopic (exact) mass is 255 g/mol. The molecule has 5 heteroatoms. The number of nitrogens with one attached hydrogen (secondary N) is 1. The third-order valence-electron chi connectivity index (χ3n) is 3.29. The Labute approximate surface area is 110 Å². The van der Waals surface area contributed by atoms with Crippen molar-refractivity contribution in [1.29, 1.82) is 0 Å². The maximum atomic E-state index is 11.1. The molecule has 1 aromatic heterocycles. The van der Waals surface area contributed by atoms with E-state index in [1.807, 2.05) is 12.1 Å². The number of anilines is 1. The van der Waals surface area contributed by atoms with Crippen molar-refractivity contribution in [3.8, 4) is 0 Å². The second kappa shape index (κ2) is 4.68. The zero-order valence-electron chi connectivity index (χ0n) is 10.2. The number of carboxylic acids is 1. The zero-order valence-corrected chi connectivity index (χ0v) is 10.2. The van der Waals surface area contributed by atoms with Crippen molar-refractivity contribution in [3.05, 3.63) is 53.5 Å². The summed E-state index contributed by atoms with van der Waals surface area (Å²) in [5, 5.41) is 12.3. The van der Waals surface area contributed by atoms with E-state index in [1.54, 1.807) is 0 Å². The number of benzene rings is 1. The van der Waals surface area contributed by atoms with Crippen LogP contribution in [0.2, 0.25) is 0 Å². The van der Waals surface area contributed by atoms with E-state index in [0.717, 1.165) is 12.8 Å². The molecule has 0 unspecified atom stereocenters. The summed E-state index contributed by atoms with van der Waals surface area (Å²) in [5.74, 6) is -0.723. The van der Waals surface area contributed by atoms with Crippen LogP contribution in [0.15, 0.2) is 36.7 Å². The van der Waals surface area contributed by atoms with Crippen LogP contribution < -0.4 is 5.32 Å². The minimum absolute atomic E-state index is 0.0292. The SMILES string of the molecule is O=C(O)c1nccnc1NC1Cc2ccccc2C1. The van der Waals surface area contributed by atoms with E-state index in [2.05, 4.69) is 27.4 Å². The topological polar surface area (TPSA) is 75.1 Å². The van der Waals surface area contributed by atoms with E-state index in [4.69, 9.17) is 5.11 Å². The van der Waals surface area contributed by atoms with Crippen molar-refractivity contribution < 1.29 is 9.90 Å². The predicted octanol–water partition coefficient (Wildman–Crippen LogP) is 1.75. The van der Waals surface area contributed by atoms with Gasteiger partial charge in [0.1, 0.15) is 0 Å². The molecule has 0 atom stereocenters. The summed E-state index contributed by atoms with van der Waals surface area (Å²) < 4.78 is 0. The van der Waals surface area contributed by atoms with Gasteiger partial charge in [0.2, 0.25) is 0 Å². The van der Waals surface area contributed by atoms with Gasteiger partial charge in [0.05, 0.1) is 0 Å². The minimum atomic E-state index is -1.06. The highest BCUT2D eigenvalue weighted by atomic mass is 16.4. The molecule has 2 N–H and O–H groups in total. The second-order valence-electron chi connectivity index (χ2n) is 4.58. The summed E-state index contributed by atoms with van der Waals surface area (Å²) in [7, 11) is 0. The molecular weight excluding hydrogens is 242 g/mol. The number of fused-ring (bicyclic) bond motifs is 1. The Bertz CT molecular complexity index is 603. The molecule has 1 aliphatic carbocycles. The van der Waals surface area contributed by atoms with Crippen LogP contribution in [-0.2, 0) is 12.8 Å². The Morgan fingerprint density at radius 2 is 1.79 bits per heavy atom. The highest BCUT2D eigenvalue weighted by Gasteiger charge is 2.23. The van der Waals surface area contributed by atoms with E-state index in [1.165, 1.54) is 23.5 Å². The van der Waals surface area contributed by atoms with Gasteiger partial charge in [0, 0.05) is 18.4 Å². The molecule has 0 aliphatic heterocycles. The molecule has 19 heavy (non-hydrogen) atoms. The Hall–Kier alpha value is -2.43. The normalized spacial score (nSPS) is 14.1. The Balaban J connectivity index is 1.80. The summed E-state index contributed by atoms with van der Waals surface area (Å²) in [4.78, 5) is 19.0. The van der Waals surface area contributed by atoms with Gasteiger partial charge in [-0.25, -0.2) is 14.8 Å². The van der Waals surface area contributed by atoms with Crippen LogP contribution in [0.5, 0.6) is 0 Å². The molecule has 5 nitrogen and oxygen atoms in total. The predicted molar refractivity (Wildman–Crippen MR) is 70.3 cm³/mol. The molecule has 1 heterocycles. The van der Waals surface area contributed by atoms with Crippen molar-refractivity contribution in [1.82, 2.24) is 9.97 Å². The number of nitrogens with zero attached hydrogens (tertiary/aromatic N) is 2. The third-order valence-corrected chi connectivity index (χ3v) is 3.29. The number of aromatic nitrogens is 2. The molecule has 0 amide bonds. The third kappa shape index (κ3) is 2.27. The molecule has 1 aliphatic rings. The summed E-state index contributed by atoms with van der Waals surface area (Å²) in [6.07, 6.45) is 4.65. The molecule has 96 valence electrons. The molecule has 0 saturated heterocycles. The molecule has 2 aromatic rings. The van der Waals surface area contributed by atoms with Gasteiger partial charge in [-0.3, -0.25) is 0 Å². The van der Waals surface area contributed by atoms with Crippen LogP contribution >= 0.6 is 0 Å². The maximum Gasteiger partial charge on any atom is 0.358 e. The van der Waals surface area contributed by atoms with Crippen LogP contribution in [0.3, 0.4) is 0 Å². The lowest BCUT2D eigenvalue weighted by Crippen LogP contribution is -2.22. The molecule has 0 spiro atoms. The smallest absolute Gasteiger partial charge is 0.358 e. The van der Waals surface area contributed by atoms with E-state index in [9.17, 15) is 4.79 Å². The average molecular weight is 255 g/mol. The van der Waals surface area contributed by atoms with Crippen LogP contribution in [0, 0.1) is 0 Å². The number of aromatic carboxylic acids is 1. The zero-order chi connectivity index (χ0) is 13.2. The summed E-state index contributed by atoms with van der Waals surface area (Å²) in [6, 6.07) is 8.42. The number of carbonyl (C=O) groups is 1. The minimum Gasteiger partial charge on any atom is -0.476 e. The number of hydrogen-bond donors (Lipinski definition) is 2. The van der Waals surface area contributed by atoms with Crippen LogP contribution in [0.25, 0.3) is 0 Å². The van der Waals surface area contributed by atoms with Crippen LogP contribution in [0.1, 0.15) is 21.6 Å². The van der Waals surface area contributed by atoms with Gasteiger partial charge >= 0.3 is 5.97 Å². The van der Waals surface area contributed by atoms with Crippen molar-refractivity contribution in [2.45, 2.75) is 18.9 Å². The Kier molecular flexibility index (Phi) is 2.87. The molecular formula is C14H13N3O2. The van der Waals surface area contributed by atoms with Gasteiger partial charge in [-0.1, -0.05) is 24.3 Å². The largest absolute Gasteiger partial charge is 0.476 e. The van der Waals surface area contributed by atoms with Gasteiger partial charge in [-0.05, 0) is 24.0 Å². The summed E-state index contributed by atoms with van der Waals surface area (Å²) in [5.41, 5.74) is 2.58. The van der Waals surface area contributed by atoms with Crippen molar-refractivity contribution in [3.63, 3.8) is 0 Å². The molecule has 3 rings (SSSR count). The Morgan fingerprint density at radius 1 is 1.16 bits per heavy atom. The van der Waals surface area contributed by atoms with E-state index in [-0.39, 0.29) is 11.7 Å².